The van der Waals surface area contributed by atoms with Crippen LogP contribution in [0.4, 0.5) is 11.5 Å². The van der Waals surface area contributed by atoms with Crippen LogP contribution in [0.5, 0.6) is 0 Å². The van der Waals surface area contributed by atoms with Gasteiger partial charge in [0.05, 0.1) is 28.9 Å². The van der Waals surface area contributed by atoms with Gasteiger partial charge in [0.2, 0.25) is 0 Å². The molecule has 2 heterocycles. The minimum absolute atomic E-state index is 0.0718. The number of benzene rings is 1. The molecule has 9 heteroatoms. The zero-order valence-electron chi connectivity index (χ0n) is 15.2. The van der Waals surface area contributed by atoms with E-state index < -0.39 is 9.84 Å². The number of aromatic amines is 1. The lowest BCUT2D eigenvalue weighted by molar-refractivity contribution is 0.426. The Hall–Kier alpha value is -3.12. The van der Waals surface area contributed by atoms with E-state index in [1.807, 2.05) is 0 Å². The fraction of sp³-hybridized carbons (Fsp3) is 0.316. The van der Waals surface area contributed by atoms with Crippen LogP contribution in [0.2, 0.25) is 0 Å². The second-order valence-corrected chi connectivity index (χ2v) is 9.06. The van der Waals surface area contributed by atoms with Crippen LogP contribution < -0.4 is 10.9 Å². The van der Waals surface area contributed by atoms with Crippen LogP contribution in [-0.2, 0) is 9.84 Å². The summed E-state index contributed by atoms with van der Waals surface area (Å²) in [6, 6.07) is 10.2. The summed E-state index contributed by atoms with van der Waals surface area (Å²) in [6.07, 6.45) is 5.15. The zero-order valence-corrected chi connectivity index (χ0v) is 16.0. The number of nitrogens with zero attached hydrogens (tertiary/aromatic N) is 3. The van der Waals surface area contributed by atoms with Gasteiger partial charge in [0, 0.05) is 18.1 Å². The first-order chi connectivity index (χ1) is 13.4. The molecule has 2 aromatic heterocycles. The van der Waals surface area contributed by atoms with Gasteiger partial charge >= 0.3 is 0 Å². The Morgan fingerprint density at radius 2 is 2.04 bits per heavy atom. The topological polar surface area (TPSA) is 121 Å². The molecule has 0 radical (unpaired) electrons. The van der Waals surface area contributed by atoms with Crippen LogP contribution in [0.25, 0.3) is 10.9 Å². The Kier molecular flexibility index (Phi) is 4.43. The van der Waals surface area contributed by atoms with E-state index in [1.54, 1.807) is 29.1 Å². The van der Waals surface area contributed by atoms with Crippen molar-refractivity contribution in [2.75, 3.05) is 11.6 Å². The lowest BCUT2D eigenvalue weighted by Gasteiger charge is -2.14. The highest BCUT2D eigenvalue weighted by molar-refractivity contribution is 7.90. The number of fused-ring (bicyclic) bond motifs is 1. The van der Waals surface area contributed by atoms with Gasteiger partial charge in [-0.05, 0) is 49.1 Å². The average molecular weight is 397 g/mol. The Labute approximate surface area is 161 Å². The number of anilines is 2. The lowest BCUT2D eigenvalue weighted by atomic mass is 10.1. The molecule has 28 heavy (non-hydrogen) atoms. The summed E-state index contributed by atoms with van der Waals surface area (Å²) in [4.78, 5) is 15.3. The van der Waals surface area contributed by atoms with Crippen molar-refractivity contribution in [3.8, 4) is 6.07 Å². The van der Waals surface area contributed by atoms with Gasteiger partial charge in [0.15, 0.2) is 15.7 Å². The summed E-state index contributed by atoms with van der Waals surface area (Å²) in [5.74, 6) is 0.775. The molecule has 4 rings (SSSR count). The highest BCUT2D eigenvalue weighted by Gasteiger charge is 2.34. The van der Waals surface area contributed by atoms with Crippen molar-refractivity contribution < 1.29 is 8.42 Å². The van der Waals surface area contributed by atoms with Gasteiger partial charge in [-0.2, -0.15) is 10.4 Å². The number of rotatable bonds is 6. The number of sulfone groups is 1. The van der Waals surface area contributed by atoms with Crippen molar-refractivity contribution in [3.05, 3.63) is 46.9 Å². The number of hydrogen-bond donors (Lipinski definition) is 2. The van der Waals surface area contributed by atoms with Crippen LogP contribution in [0.1, 0.15) is 25.3 Å². The van der Waals surface area contributed by atoms with Gasteiger partial charge in [-0.25, -0.2) is 8.42 Å². The molecule has 1 aromatic carbocycles. The van der Waals surface area contributed by atoms with Crippen molar-refractivity contribution in [1.29, 1.82) is 5.26 Å². The molecular weight excluding hydrogens is 378 g/mol. The number of nitriles is 1. The van der Waals surface area contributed by atoms with Crippen LogP contribution >= 0.6 is 0 Å². The molecule has 0 bridgehead atoms. The SMILES string of the molecule is CS(=O)(=O)c1ccc(Nc2nn([C@@H](CC#N)C3CC3)c3cc[nH]c(=O)c23)cc1. The van der Waals surface area contributed by atoms with E-state index in [2.05, 4.69) is 21.5 Å². The van der Waals surface area contributed by atoms with Crippen LogP contribution in [0, 0.1) is 17.2 Å². The predicted octanol–water partition coefficient (Wildman–Crippen LogP) is 2.74. The van der Waals surface area contributed by atoms with Crippen molar-refractivity contribution in [2.24, 2.45) is 5.92 Å². The number of aromatic nitrogens is 3. The molecule has 0 unspecified atom stereocenters. The minimum Gasteiger partial charge on any atom is -0.338 e. The second-order valence-electron chi connectivity index (χ2n) is 7.05. The standard InChI is InChI=1S/C19H19N5O3S/c1-28(26,27)14-6-4-13(5-7-14)22-18-17-16(9-11-21-19(17)25)24(23-18)15(8-10-20)12-2-3-12/h4-7,9,11-12,15H,2-3,8H2,1H3,(H,21,25)(H,22,23)/t15-/m0/s1. The van der Waals surface area contributed by atoms with E-state index in [4.69, 9.17) is 0 Å². The second kappa shape index (κ2) is 6.80. The molecule has 0 spiro atoms. The molecule has 144 valence electrons. The molecule has 3 aromatic rings. The van der Waals surface area contributed by atoms with E-state index in [-0.39, 0.29) is 16.5 Å². The minimum atomic E-state index is -3.28. The largest absolute Gasteiger partial charge is 0.338 e. The number of hydrogen-bond acceptors (Lipinski definition) is 6. The third-order valence-corrected chi connectivity index (χ3v) is 6.08. The van der Waals surface area contributed by atoms with E-state index in [9.17, 15) is 18.5 Å². The first kappa shape index (κ1) is 18.3. The van der Waals surface area contributed by atoms with Crippen molar-refractivity contribution in [2.45, 2.75) is 30.2 Å². The molecule has 1 atom stereocenters. The number of pyridine rings is 1. The van der Waals surface area contributed by atoms with Crippen LogP contribution in [0.15, 0.2) is 46.2 Å². The van der Waals surface area contributed by atoms with Crippen molar-refractivity contribution in [1.82, 2.24) is 14.8 Å². The number of H-pyrrole nitrogens is 1. The van der Waals surface area contributed by atoms with Gasteiger partial charge < -0.3 is 10.3 Å². The molecule has 0 amide bonds. The Balaban J connectivity index is 1.77. The molecule has 2 N–H and O–H groups in total. The maximum absolute atomic E-state index is 12.5. The molecule has 0 aliphatic heterocycles. The first-order valence-corrected chi connectivity index (χ1v) is 10.8. The third kappa shape index (κ3) is 3.39. The lowest BCUT2D eigenvalue weighted by Crippen LogP contribution is -2.13. The number of nitrogens with one attached hydrogen (secondary N) is 2. The third-order valence-electron chi connectivity index (χ3n) is 4.96. The Morgan fingerprint density at radius 3 is 2.64 bits per heavy atom. The smallest absolute Gasteiger partial charge is 0.261 e. The van der Waals surface area contributed by atoms with Gasteiger partial charge in [-0.1, -0.05) is 0 Å². The Bertz CT molecular complexity index is 1230. The molecule has 1 fully saturated rings. The molecule has 1 saturated carbocycles. The normalized spacial score (nSPS) is 15.3. The van der Waals surface area contributed by atoms with Crippen molar-refractivity contribution in [3.63, 3.8) is 0 Å². The monoisotopic (exact) mass is 397 g/mol. The highest BCUT2D eigenvalue weighted by atomic mass is 32.2. The zero-order chi connectivity index (χ0) is 19.9. The summed E-state index contributed by atoms with van der Waals surface area (Å²) in [7, 11) is -3.28. The molecule has 1 aliphatic carbocycles. The summed E-state index contributed by atoms with van der Waals surface area (Å²) < 4.78 is 25.0. The van der Waals surface area contributed by atoms with Gasteiger partial charge in [0.25, 0.3) is 5.56 Å². The molecule has 8 nitrogen and oxygen atoms in total. The van der Waals surface area contributed by atoms with E-state index >= 15 is 0 Å². The molecular formula is C19H19N5O3S. The predicted molar refractivity (Wildman–Crippen MR) is 105 cm³/mol. The van der Waals surface area contributed by atoms with E-state index in [0.29, 0.717) is 34.7 Å². The van der Waals surface area contributed by atoms with E-state index in [0.717, 1.165) is 19.1 Å². The fourth-order valence-electron chi connectivity index (χ4n) is 3.39. The van der Waals surface area contributed by atoms with Crippen molar-refractivity contribution >= 4 is 32.2 Å². The molecule has 1 aliphatic rings. The summed E-state index contributed by atoms with van der Waals surface area (Å²) in [6.45, 7) is 0. The maximum Gasteiger partial charge on any atom is 0.261 e. The molecule has 0 saturated heterocycles. The quantitative estimate of drug-likeness (QED) is 0.660. The summed E-state index contributed by atoms with van der Waals surface area (Å²) >= 11 is 0. The summed E-state index contributed by atoms with van der Waals surface area (Å²) in [5.41, 5.74) is 1.02. The average Bonchev–Trinajstić information content (AvgIpc) is 3.42. The van der Waals surface area contributed by atoms with Crippen LogP contribution in [-0.4, -0.2) is 29.4 Å². The first-order valence-electron chi connectivity index (χ1n) is 8.92. The Morgan fingerprint density at radius 1 is 1.32 bits per heavy atom. The summed E-state index contributed by atoms with van der Waals surface area (Å²) in [5, 5.41) is 17.4. The van der Waals surface area contributed by atoms with Gasteiger partial charge in [-0.3, -0.25) is 9.48 Å². The van der Waals surface area contributed by atoms with Crippen LogP contribution in [0.3, 0.4) is 0 Å². The fourth-order valence-corrected chi connectivity index (χ4v) is 4.02. The van der Waals surface area contributed by atoms with E-state index in [1.165, 1.54) is 12.1 Å². The maximum atomic E-state index is 12.5. The highest BCUT2D eigenvalue weighted by Crippen LogP contribution is 2.42. The van der Waals surface area contributed by atoms with Gasteiger partial charge in [-0.15, -0.1) is 0 Å². The van der Waals surface area contributed by atoms with Gasteiger partial charge in [0.1, 0.15) is 5.39 Å².